The predicted octanol–water partition coefficient (Wildman–Crippen LogP) is 12.8. The normalized spacial score (nSPS) is 20.3. The number of hydrogen-bond donors (Lipinski definition) is 5. The Morgan fingerprint density at radius 3 is 2.41 bits per heavy atom. The van der Waals surface area contributed by atoms with E-state index in [1.807, 2.05) is 79.7 Å². The van der Waals surface area contributed by atoms with Crippen LogP contribution in [-0.4, -0.2) is 51.6 Å². The van der Waals surface area contributed by atoms with Crippen LogP contribution in [-0.2, 0) is 48.4 Å². The Morgan fingerprint density at radius 1 is 0.851 bits per heavy atom. The molecule has 6 aromatic rings. The molecular formula is C65H69NO8. The molecule has 382 valence electrons. The number of ether oxygens (including phenoxy) is 3. The number of rotatable bonds is 16. The Kier molecular flexibility index (Phi) is 16.9. The van der Waals surface area contributed by atoms with Crippen molar-refractivity contribution in [2.24, 2.45) is 11.8 Å². The van der Waals surface area contributed by atoms with Crippen LogP contribution in [0.3, 0.4) is 0 Å². The van der Waals surface area contributed by atoms with Crippen molar-refractivity contribution in [1.82, 2.24) is 0 Å². The van der Waals surface area contributed by atoms with Crippen LogP contribution in [0, 0.1) is 23.9 Å². The Bertz CT molecular complexity index is 3070. The van der Waals surface area contributed by atoms with E-state index in [1.165, 1.54) is 11.1 Å². The number of Topliss-reactive ketones (excluding diaryl/α,β-unsaturated/α-hetero) is 1. The number of aromatic hydroxyl groups is 1. The van der Waals surface area contributed by atoms with E-state index in [9.17, 15) is 25.2 Å². The summed E-state index contributed by atoms with van der Waals surface area (Å²) in [5.41, 5.74) is 9.41. The number of phenolic OH excluding ortho intramolecular Hbond substituents is 1. The van der Waals surface area contributed by atoms with Gasteiger partial charge in [-0.2, -0.15) is 0 Å². The number of ketones is 1. The fraction of sp³-hybridized carbons (Fsp3) is 0.338. The average molecular weight is 992 g/mol. The number of methoxy groups -OCH3 is 1. The van der Waals surface area contributed by atoms with E-state index in [-0.39, 0.29) is 67.1 Å². The van der Waals surface area contributed by atoms with Gasteiger partial charge in [0, 0.05) is 35.6 Å². The molecule has 6 bridgehead atoms. The molecule has 2 heterocycles. The van der Waals surface area contributed by atoms with Crippen molar-refractivity contribution in [2.75, 3.05) is 12.4 Å². The van der Waals surface area contributed by atoms with Crippen LogP contribution in [0.25, 0.3) is 16.8 Å². The second kappa shape index (κ2) is 24.2. The second-order valence-electron chi connectivity index (χ2n) is 20.4. The van der Waals surface area contributed by atoms with Gasteiger partial charge in [-0.3, -0.25) is 4.79 Å². The highest BCUT2D eigenvalue weighted by Crippen LogP contribution is 2.46. The monoisotopic (exact) mass is 992 g/mol. The lowest BCUT2D eigenvalue weighted by Crippen LogP contribution is -2.33. The van der Waals surface area contributed by atoms with Gasteiger partial charge in [-0.25, -0.2) is 0 Å². The molecule has 4 aliphatic rings. The molecule has 10 rings (SSSR count). The van der Waals surface area contributed by atoms with Crippen LogP contribution < -0.4 is 14.8 Å². The van der Waals surface area contributed by atoms with Crippen molar-refractivity contribution < 1.29 is 39.4 Å². The van der Waals surface area contributed by atoms with E-state index in [1.54, 1.807) is 13.2 Å². The van der Waals surface area contributed by atoms with Crippen molar-refractivity contribution in [3.63, 3.8) is 0 Å². The van der Waals surface area contributed by atoms with Crippen LogP contribution in [0.2, 0.25) is 0 Å². The number of carbonyl (C=O) groups excluding carboxylic acids is 1. The van der Waals surface area contributed by atoms with E-state index in [0.29, 0.717) is 48.3 Å². The predicted molar refractivity (Wildman–Crippen MR) is 294 cm³/mol. The minimum absolute atomic E-state index is 0.0184. The van der Waals surface area contributed by atoms with E-state index >= 15 is 0 Å². The number of anilines is 1. The summed E-state index contributed by atoms with van der Waals surface area (Å²) < 4.78 is 18.9. The summed E-state index contributed by atoms with van der Waals surface area (Å²) in [6.45, 7) is 3.85. The van der Waals surface area contributed by atoms with Gasteiger partial charge in [0.05, 0.1) is 31.8 Å². The molecule has 5 N–H and O–H groups in total. The van der Waals surface area contributed by atoms with Crippen LogP contribution >= 0.6 is 0 Å². The number of benzene rings is 6. The van der Waals surface area contributed by atoms with Crippen molar-refractivity contribution >= 4 is 28.3 Å². The first-order valence-corrected chi connectivity index (χ1v) is 26.3. The molecule has 9 nitrogen and oxygen atoms in total. The maximum atomic E-state index is 14.1. The highest BCUT2D eigenvalue weighted by Gasteiger charge is 2.30. The number of fused-ring (bicyclic) bond motifs is 9. The lowest BCUT2D eigenvalue weighted by Gasteiger charge is -2.28. The summed E-state index contributed by atoms with van der Waals surface area (Å²) in [4.78, 5) is 14.1. The highest BCUT2D eigenvalue weighted by molar-refractivity contribution is 6.01. The largest absolute Gasteiger partial charge is 0.508 e. The third kappa shape index (κ3) is 12.6. The number of aliphatic hydroxyl groups excluding tert-OH is 3. The molecule has 0 saturated carbocycles. The number of aliphatic hydroxyl groups is 3. The van der Waals surface area contributed by atoms with E-state index in [4.69, 9.17) is 14.2 Å². The summed E-state index contributed by atoms with van der Waals surface area (Å²) in [5, 5.41) is 50.0. The van der Waals surface area contributed by atoms with Gasteiger partial charge in [0.25, 0.3) is 0 Å². The Balaban J connectivity index is 0.989. The molecular weight excluding hydrogens is 923 g/mol. The third-order valence-electron chi connectivity index (χ3n) is 15.2. The number of allylic oxidation sites excluding steroid dienone is 4. The van der Waals surface area contributed by atoms with Gasteiger partial charge in [-0.1, -0.05) is 116 Å². The topological polar surface area (TPSA) is 138 Å². The zero-order valence-electron chi connectivity index (χ0n) is 42.8. The number of nitrogens with one attached hydrogen (secondary N) is 1. The summed E-state index contributed by atoms with van der Waals surface area (Å²) >= 11 is 0. The first-order valence-electron chi connectivity index (χ1n) is 26.3. The summed E-state index contributed by atoms with van der Waals surface area (Å²) in [6.07, 6.45) is 18.2. The number of phenols is 1. The minimum Gasteiger partial charge on any atom is -0.508 e. The molecule has 0 spiro atoms. The summed E-state index contributed by atoms with van der Waals surface area (Å²) in [5.74, 6) is 4.38. The zero-order valence-corrected chi connectivity index (χ0v) is 42.8. The molecule has 0 fully saturated rings. The lowest BCUT2D eigenvalue weighted by molar-refractivity contribution is -0.121. The zero-order chi connectivity index (χ0) is 51.6. The van der Waals surface area contributed by atoms with Crippen molar-refractivity contribution in [3.8, 4) is 29.3 Å². The van der Waals surface area contributed by atoms with Gasteiger partial charge in [0.1, 0.15) is 36.1 Å². The van der Waals surface area contributed by atoms with E-state index < -0.39 is 18.1 Å². The molecule has 0 amide bonds. The van der Waals surface area contributed by atoms with Crippen molar-refractivity contribution in [1.29, 1.82) is 0 Å². The Morgan fingerprint density at radius 2 is 1.64 bits per heavy atom. The second-order valence-corrected chi connectivity index (χ2v) is 20.4. The van der Waals surface area contributed by atoms with E-state index in [2.05, 4.69) is 91.0 Å². The molecule has 2 aliphatic heterocycles. The SMILES string of the molecule is COc1ccc2cc1OCc1c(CO)cc3c(c(O)cc4c3c1C=C[C@@H]4C)[C@H](Cc1ccccc1)C#CO[C@@H](C[C@@H]1C=C(O)C=C[C@H]1CCCCc1cccc(N[C@H](Cc3ccccc3)[C@H](C)O)c1)CC(=O)CC2. The minimum atomic E-state index is -0.589. The lowest BCUT2D eigenvalue weighted by atomic mass is 9.78. The molecule has 74 heavy (non-hydrogen) atoms. The van der Waals surface area contributed by atoms with Gasteiger partial charge in [0.15, 0.2) is 11.5 Å². The standard InChI is InChI=1S/C65H69NO8/c1-42-21-27-56-59-41-74-63-34-47(23-28-62(63)72-3)22-25-54(70)38-55(73-30-29-49(31-44-13-6-4-7-14-44)64-58(37-51(59)40-67)65(56)57(42)39-61(64)71)36-50-35-53(69)26-24-48(50)19-11-10-17-45-18-12-20-52(32-45)66-60(43(2)68)33-46-15-8-5-9-16-46/h4-9,12-16,18,20-21,23-24,26-28,32,34-35,37,39,42-43,48-50,55,60,66-69,71H,10-11,17,19,22,25,31,33,36,38,40-41H2,1-3H3/t42-,43-,48+,49-,50-,55-,60+/m0/s1. The van der Waals surface area contributed by atoms with Gasteiger partial charge < -0.3 is 40.0 Å². The van der Waals surface area contributed by atoms with Gasteiger partial charge in [-0.05, 0) is 162 Å². The fourth-order valence-corrected chi connectivity index (χ4v) is 11.1. The molecule has 9 heteroatoms. The maximum Gasteiger partial charge on any atom is 0.161 e. The average Bonchev–Trinajstić information content (AvgIpc) is 3.40. The molecule has 6 aromatic carbocycles. The van der Waals surface area contributed by atoms with Crippen LogP contribution in [0.4, 0.5) is 5.69 Å². The molecule has 0 radical (unpaired) electrons. The fourth-order valence-electron chi connectivity index (χ4n) is 11.1. The molecule has 7 atom stereocenters. The van der Waals surface area contributed by atoms with E-state index in [0.717, 1.165) is 70.0 Å². The summed E-state index contributed by atoms with van der Waals surface area (Å²) in [6, 6.07) is 38.2. The third-order valence-corrected chi connectivity index (χ3v) is 15.2. The van der Waals surface area contributed by atoms with Crippen LogP contribution in [0.1, 0.15) is 114 Å². The van der Waals surface area contributed by atoms with Crippen LogP contribution in [0.15, 0.2) is 145 Å². The van der Waals surface area contributed by atoms with Gasteiger partial charge >= 0.3 is 0 Å². The van der Waals surface area contributed by atoms with Gasteiger partial charge in [-0.15, -0.1) is 0 Å². The Hall–Kier alpha value is -7.25. The smallest absolute Gasteiger partial charge is 0.161 e. The van der Waals surface area contributed by atoms with Crippen LogP contribution in [0.5, 0.6) is 17.2 Å². The highest BCUT2D eigenvalue weighted by atomic mass is 16.5. The number of carbonyl (C=O) groups is 1. The number of unbranched alkanes of at least 4 members (excludes halogenated alkanes) is 1. The van der Waals surface area contributed by atoms with Crippen molar-refractivity contribution in [3.05, 3.63) is 195 Å². The number of hydrogen-bond acceptors (Lipinski definition) is 9. The van der Waals surface area contributed by atoms with Crippen molar-refractivity contribution in [2.45, 2.75) is 121 Å². The summed E-state index contributed by atoms with van der Waals surface area (Å²) in [7, 11) is 1.60. The molecule has 0 saturated heterocycles. The maximum absolute atomic E-state index is 14.1. The molecule has 0 unspecified atom stereocenters. The van der Waals surface area contributed by atoms with Gasteiger partial charge in [0.2, 0.25) is 0 Å². The first-order chi connectivity index (χ1) is 36.0. The quantitative estimate of drug-likeness (QED) is 0.0474. The molecule has 2 aliphatic carbocycles. The first kappa shape index (κ1) is 51.6. The Labute approximate surface area is 436 Å². The number of aryl methyl sites for hydroxylation is 2. The molecule has 0 aromatic heterocycles.